The number of benzene rings is 2. The van der Waals surface area contributed by atoms with E-state index in [1.54, 1.807) is 18.2 Å². The summed E-state index contributed by atoms with van der Waals surface area (Å²) in [7, 11) is 0. The Bertz CT molecular complexity index is 631. The van der Waals surface area contributed by atoms with E-state index in [2.05, 4.69) is 21.2 Å². The molecule has 0 amide bonds. The van der Waals surface area contributed by atoms with Gasteiger partial charge in [0.25, 0.3) is 0 Å². The van der Waals surface area contributed by atoms with Crippen LogP contribution in [0.1, 0.15) is 11.1 Å². The van der Waals surface area contributed by atoms with Gasteiger partial charge in [-0.3, -0.25) is 4.79 Å². The second-order valence-corrected chi connectivity index (χ2v) is 5.18. The number of rotatable bonds is 5. The molecular weight excluding hydrogens is 325 g/mol. The van der Waals surface area contributed by atoms with E-state index in [1.807, 2.05) is 18.2 Å². The van der Waals surface area contributed by atoms with Gasteiger partial charge in [-0.1, -0.05) is 24.3 Å². The zero-order valence-electron chi connectivity index (χ0n) is 10.6. The summed E-state index contributed by atoms with van der Waals surface area (Å²) >= 11 is 3.13. The number of hydrogen-bond donors (Lipinski definition) is 2. The molecule has 0 bridgehead atoms. The maximum atomic E-state index is 13.1. The van der Waals surface area contributed by atoms with E-state index in [0.29, 0.717) is 11.0 Å². The Morgan fingerprint density at radius 3 is 2.55 bits per heavy atom. The smallest absolute Gasteiger partial charge is 0.307 e. The SMILES string of the molecule is O=C(O)Cc1ccccc1CNc1ccc(F)c(Br)c1. The van der Waals surface area contributed by atoms with Gasteiger partial charge in [0.15, 0.2) is 0 Å². The Labute approximate surface area is 124 Å². The van der Waals surface area contributed by atoms with Crippen molar-refractivity contribution in [1.29, 1.82) is 0 Å². The fourth-order valence-corrected chi connectivity index (χ4v) is 2.25. The average Bonchev–Trinajstić information content (AvgIpc) is 2.41. The summed E-state index contributed by atoms with van der Waals surface area (Å²) in [5.41, 5.74) is 2.45. The van der Waals surface area contributed by atoms with Gasteiger partial charge >= 0.3 is 5.97 Å². The van der Waals surface area contributed by atoms with Crippen LogP contribution >= 0.6 is 15.9 Å². The minimum absolute atomic E-state index is 0.00896. The van der Waals surface area contributed by atoms with Crippen LogP contribution in [0, 0.1) is 5.82 Å². The monoisotopic (exact) mass is 337 g/mol. The highest BCUT2D eigenvalue weighted by atomic mass is 79.9. The van der Waals surface area contributed by atoms with Crippen LogP contribution in [-0.4, -0.2) is 11.1 Å². The molecule has 0 saturated heterocycles. The second kappa shape index (κ2) is 6.52. The molecule has 104 valence electrons. The number of halogens is 2. The predicted octanol–water partition coefficient (Wildman–Crippen LogP) is 3.83. The number of aliphatic carboxylic acids is 1. The zero-order valence-corrected chi connectivity index (χ0v) is 12.2. The molecule has 2 N–H and O–H groups in total. The van der Waals surface area contributed by atoms with Gasteiger partial charge in [-0.05, 0) is 45.3 Å². The standard InChI is InChI=1S/C15H13BrFNO2/c16-13-8-12(5-6-14(13)17)18-9-11-4-2-1-3-10(11)7-15(19)20/h1-6,8,18H,7,9H2,(H,19,20). The van der Waals surface area contributed by atoms with Crippen LogP contribution in [0.5, 0.6) is 0 Å². The first-order valence-electron chi connectivity index (χ1n) is 6.04. The van der Waals surface area contributed by atoms with Crippen LogP contribution in [0.3, 0.4) is 0 Å². The summed E-state index contributed by atoms with van der Waals surface area (Å²) in [4.78, 5) is 10.8. The molecule has 2 aromatic rings. The third-order valence-corrected chi connectivity index (χ3v) is 3.47. The Balaban J connectivity index is 2.10. The zero-order chi connectivity index (χ0) is 14.5. The largest absolute Gasteiger partial charge is 0.481 e. The van der Waals surface area contributed by atoms with E-state index in [4.69, 9.17) is 5.11 Å². The van der Waals surface area contributed by atoms with Crippen LogP contribution in [-0.2, 0) is 17.8 Å². The lowest BCUT2D eigenvalue weighted by Crippen LogP contribution is -2.07. The van der Waals surface area contributed by atoms with E-state index in [9.17, 15) is 9.18 Å². The normalized spacial score (nSPS) is 10.3. The summed E-state index contributed by atoms with van der Waals surface area (Å²) in [5.74, 6) is -1.18. The van der Waals surface area contributed by atoms with Crippen molar-refractivity contribution in [2.45, 2.75) is 13.0 Å². The summed E-state index contributed by atoms with van der Waals surface area (Å²) in [6.45, 7) is 0.488. The summed E-state index contributed by atoms with van der Waals surface area (Å²) in [6.07, 6.45) is -0.00896. The number of anilines is 1. The van der Waals surface area contributed by atoms with E-state index in [0.717, 1.165) is 16.8 Å². The molecule has 0 radical (unpaired) electrons. The lowest BCUT2D eigenvalue weighted by Gasteiger charge is -2.10. The summed E-state index contributed by atoms with van der Waals surface area (Å²) < 4.78 is 13.5. The Morgan fingerprint density at radius 1 is 1.20 bits per heavy atom. The van der Waals surface area contributed by atoms with Crippen molar-refractivity contribution in [3.8, 4) is 0 Å². The lowest BCUT2D eigenvalue weighted by atomic mass is 10.0. The number of carbonyl (C=O) groups is 1. The molecule has 0 saturated carbocycles. The third kappa shape index (κ3) is 3.81. The highest BCUT2D eigenvalue weighted by molar-refractivity contribution is 9.10. The van der Waals surface area contributed by atoms with Crippen LogP contribution in [0.4, 0.5) is 10.1 Å². The van der Waals surface area contributed by atoms with Gasteiger partial charge in [0.1, 0.15) is 5.82 Å². The second-order valence-electron chi connectivity index (χ2n) is 4.32. The molecular formula is C15H13BrFNO2. The Morgan fingerprint density at radius 2 is 1.90 bits per heavy atom. The molecule has 0 spiro atoms. The fraction of sp³-hybridized carbons (Fsp3) is 0.133. The molecule has 3 nitrogen and oxygen atoms in total. The molecule has 0 unspecified atom stereocenters. The number of hydrogen-bond acceptors (Lipinski definition) is 2. The van der Waals surface area contributed by atoms with Gasteiger partial charge in [0.05, 0.1) is 10.9 Å². The first-order chi connectivity index (χ1) is 9.56. The molecule has 0 aliphatic carbocycles. The van der Waals surface area contributed by atoms with Crippen LogP contribution < -0.4 is 5.32 Å². The van der Waals surface area contributed by atoms with Crippen LogP contribution in [0.15, 0.2) is 46.9 Å². The van der Waals surface area contributed by atoms with Crippen LogP contribution in [0.25, 0.3) is 0 Å². The molecule has 2 aromatic carbocycles. The number of carboxylic acid groups (broad SMARTS) is 1. The third-order valence-electron chi connectivity index (χ3n) is 2.86. The van der Waals surface area contributed by atoms with Gasteiger partial charge in [-0.25, -0.2) is 4.39 Å². The van der Waals surface area contributed by atoms with Crippen molar-refractivity contribution < 1.29 is 14.3 Å². The molecule has 0 fully saturated rings. The maximum absolute atomic E-state index is 13.1. The van der Waals surface area contributed by atoms with Crippen LogP contribution in [0.2, 0.25) is 0 Å². The minimum atomic E-state index is -0.859. The molecule has 20 heavy (non-hydrogen) atoms. The quantitative estimate of drug-likeness (QED) is 0.871. The molecule has 0 atom stereocenters. The molecule has 5 heteroatoms. The first-order valence-corrected chi connectivity index (χ1v) is 6.83. The maximum Gasteiger partial charge on any atom is 0.307 e. The van der Waals surface area contributed by atoms with Crippen molar-refractivity contribution in [3.05, 3.63) is 63.9 Å². The summed E-state index contributed by atoms with van der Waals surface area (Å²) in [6, 6.07) is 12.0. The first kappa shape index (κ1) is 14.5. The molecule has 0 aliphatic heterocycles. The number of carboxylic acids is 1. The van der Waals surface area contributed by atoms with Crippen molar-refractivity contribution in [2.24, 2.45) is 0 Å². The van der Waals surface area contributed by atoms with Crippen molar-refractivity contribution in [2.75, 3.05) is 5.32 Å². The van der Waals surface area contributed by atoms with E-state index >= 15 is 0 Å². The highest BCUT2D eigenvalue weighted by Crippen LogP contribution is 2.21. The molecule has 0 heterocycles. The number of nitrogens with one attached hydrogen (secondary N) is 1. The van der Waals surface area contributed by atoms with E-state index in [-0.39, 0.29) is 12.2 Å². The Kier molecular flexibility index (Phi) is 4.74. The van der Waals surface area contributed by atoms with Crippen molar-refractivity contribution in [3.63, 3.8) is 0 Å². The Hall–Kier alpha value is -1.88. The lowest BCUT2D eigenvalue weighted by molar-refractivity contribution is -0.136. The molecule has 0 aliphatic rings. The van der Waals surface area contributed by atoms with E-state index < -0.39 is 5.97 Å². The van der Waals surface area contributed by atoms with Gasteiger partial charge in [-0.15, -0.1) is 0 Å². The molecule has 2 rings (SSSR count). The van der Waals surface area contributed by atoms with Gasteiger partial charge in [0.2, 0.25) is 0 Å². The minimum Gasteiger partial charge on any atom is -0.481 e. The summed E-state index contributed by atoms with van der Waals surface area (Å²) in [5, 5.41) is 12.0. The van der Waals surface area contributed by atoms with Gasteiger partial charge < -0.3 is 10.4 Å². The van der Waals surface area contributed by atoms with Gasteiger partial charge in [-0.2, -0.15) is 0 Å². The predicted molar refractivity (Wildman–Crippen MR) is 79.2 cm³/mol. The fourth-order valence-electron chi connectivity index (χ4n) is 1.87. The van der Waals surface area contributed by atoms with Crippen molar-refractivity contribution >= 4 is 27.6 Å². The average molecular weight is 338 g/mol. The highest BCUT2D eigenvalue weighted by Gasteiger charge is 2.06. The topological polar surface area (TPSA) is 49.3 Å². The van der Waals surface area contributed by atoms with Crippen molar-refractivity contribution in [1.82, 2.24) is 0 Å². The van der Waals surface area contributed by atoms with Gasteiger partial charge in [0, 0.05) is 12.2 Å². The van der Waals surface area contributed by atoms with E-state index in [1.165, 1.54) is 6.07 Å². The molecule has 0 aromatic heterocycles.